The van der Waals surface area contributed by atoms with Gasteiger partial charge in [0, 0.05) is 12.5 Å². The van der Waals surface area contributed by atoms with Gasteiger partial charge in [0.1, 0.15) is 11.6 Å². The topological polar surface area (TPSA) is 20.2 Å². The molecular weight excluding hydrogens is 210 g/mol. The van der Waals surface area contributed by atoms with Gasteiger partial charge in [0.15, 0.2) is 0 Å². The van der Waals surface area contributed by atoms with Crippen LogP contribution in [0.15, 0.2) is 12.1 Å². The number of hydrogen-bond acceptors (Lipinski definition) is 1. The standard InChI is InChI=1S/C10H9ClF2O/c11-9-6(5-10(14)1-2-10)3-7(12)4-8(9)13/h3-4,14H,1-2,5H2. The maximum atomic E-state index is 13.0. The van der Waals surface area contributed by atoms with Gasteiger partial charge in [-0.25, -0.2) is 8.78 Å². The fourth-order valence-electron chi connectivity index (χ4n) is 1.41. The van der Waals surface area contributed by atoms with Gasteiger partial charge < -0.3 is 5.11 Å². The van der Waals surface area contributed by atoms with Crippen LogP contribution in [0.5, 0.6) is 0 Å². The summed E-state index contributed by atoms with van der Waals surface area (Å²) in [6.07, 6.45) is 1.56. The van der Waals surface area contributed by atoms with Crippen molar-refractivity contribution in [2.45, 2.75) is 24.9 Å². The maximum Gasteiger partial charge on any atom is 0.144 e. The third-order valence-electron chi connectivity index (χ3n) is 2.42. The number of halogens is 3. The second-order valence-electron chi connectivity index (χ2n) is 3.76. The highest BCUT2D eigenvalue weighted by Gasteiger charge is 2.40. The summed E-state index contributed by atoms with van der Waals surface area (Å²) in [5, 5.41) is 9.49. The van der Waals surface area contributed by atoms with E-state index < -0.39 is 17.2 Å². The smallest absolute Gasteiger partial charge is 0.144 e. The Morgan fingerprint density at radius 2 is 2.00 bits per heavy atom. The largest absolute Gasteiger partial charge is 0.390 e. The van der Waals surface area contributed by atoms with E-state index in [0.717, 1.165) is 6.07 Å². The van der Waals surface area contributed by atoms with Crippen molar-refractivity contribution < 1.29 is 13.9 Å². The molecule has 1 saturated carbocycles. The second-order valence-corrected chi connectivity index (χ2v) is 4.14. The lowest BCUT2D eigenvalue weighted by molar-refractivity contribution is 0.151. The summed E-state index contributed by atoms with van der Waals surface area (Å²) in [7, 11) is 0. The van der Waals surface area contributed by atoms with Gasteiger partial charge in [-0.3, -0.25) is 0 Å². The number of benzene rings is 1. The van der Waals surface area contributed by atoms with Gasteiger partial charge in [-0.2, -0.15) is 0 Å². The van der Waals surface area contributed by atoms with E-state index >= 15 is 0 Å². The minimum atomic E-state index is -0.788. The van der Waals surface area contributed by atoms with Crippen LogP contribution in [0.25, 0.3) is 0 Å². The van der Waals surface area contributed by atoms with E-state index in [1.165, 1.54) is 6.07 Å². The molecule has 0 radical (unpaired) electrons. The normalized spacial score (nSPS) is 18.3. The Kier molecular flexibility index (Phi) is 2.24. The zero-order chi connectivity index (χ0) is 10.3. The Balaban J connectivity index is 2.32. The lowest BCUT2D eigenvalue weighted by atomic mass is 10.1. The first kappa shape index (κ1) is 9.87. The van der Waals surface area contributed by atoms with E-state index in [0.29, 0.717) is 18.4 Å². The zero-order valence-corrected chi connectivity index (χ0v) is 8.11. The SMILES string of the molecule is OC1(Cc2cc(F)cc(F)c2Cl)CC1. The molecule has 0 unspecified atom stereocenters. The Labute approximate surface area is 85.3 Å². The molecule has 4 heteroatoms. The molecule has 2 rings (SSSR count). The Morgan fingerprint density at radius 3 is 2.57 bits per heavy atom. The van der Waals surface area contributed by atoms with Crippen LogP contribution in [-0.2, 0) is 6.42 Å². The van der Waals surface area contributed by atoms with E-state index in [2.05, 4.69) is 0 Å². The maximum absolute atomic E-state index is 13.0. The highest BCUT2D eigenvalue weighted by molar-refractivity contribution is 6.31. The molecule has 0 bridgehead atoms. The van der Waals surface area contributed by atoms with E-state index in [1.807, 2.05) is 0 Å². The summed E-state index contributed by atoms with van der Waals surface area (Å²) in [4.78, 5) is 0. The van der Waals surface area contributed by atoms with Crippen LogP contribution in [0.2, 0.25) is 5.02 Å². The van der Waals surface area contributed by atoms with E-state index in [1.54, 1.807) is 0 Å². The van der Waals surface area contributed by atoms with Crippen LogP contribution >= 0.6 is 11.6 Å². The van der Waals surface area contributed by atoms with Crippen LogP contribution in [0.3, 0.4) is 0 Å². The molecule has 1 aliphatic rings. The van der Waals surface area contributed by atoms with Crippen LogP contribution in [0.4, 0.5) is 8.78 Å². The van der Waals surface area contributed by atoms with Gasteiger partial charge in [0.25, 0.3) is 0 Å². The summed E-state index contributed by atoms with van der Waals surface area (Å²) >= 11 is 5.65. The molecule has 0 atom stereocenters. The van der Waals surface area contributed by atoms with E-state index in [4.69, 9.17) is 11.6 Å². The molecule has 76 valence electrons. The summed E-state index contributed by atoms with van der Waals surface area (Å²) < 4.78 is 25.8. The molecule has 1 N–H and O–H groups in total. The molecule has 1 aromatic rings. The van der Waals surface area contributed by atoms with Crippen molar-refractivity contribution in [2.24, 2.45) is 0 Å². The van der Waals surface area contributed by atoms with Crippen LogP contribution in [0, 0.1) is 11.6 Å². The van der Waals surface area contributed by atoms with E-state index in [9.17, 15) is 13.9 Å². The molecular formula is C10H9ClF2O. The predicted molar refractivity (Wildman–Crippen MR) is 49.3 cm³/mol. The van der Waals surface area contributed by atoms with Gasteiger partial charge >= 0.3 is 0 Å². The fraction of sp³-hybridized carbons (Fsp3) is 0.400. The van der Waals surface area contributed by atoms with Crippen molar-refractivity contribution in [3.05, 3.63) is 34.4 Å². The molecule has 1 nitrogen and oxygen atoms in total. The highest BCUT2D eigenvalue weighted by atomic mass is 35.5. The van der Waals surface area contributed by atoms with Gasteiger partial charge in [0.05, 0.1) is 10.6 Å². The molecule has 0 aliphatic heterocycles. The first-order valence-electron chi connectivity index (χ1n) is 4.36. The molecule has 1 aliphatic carbocycles. The number of aliphatic hydroxyl groups is 1. The summed E-state index contributed by atoms with van der Waals surface area (Å²) in [5.74, 6) is -1.43. The molecule has 0 amide bonds. The summed E-state index contributed by atoms with van der Waals surface area (Å²) in [6, 6.07) is 1.91. The molecule has 1 fully saturated rings. The van der Waals surface area contributed by atoms with Crippen molar-refractivity contribution in [1.29, 1.82) is 0 Å². The van der Waals surface area contributed by atoms with Crippen molar-refractivity contribution in [1.82, 2.24) is 0 Å². The second kappa shape index (κ2) is 3.17. The fourth-order valence-corrected chi connectivity index (χ4v) is 1.59. The Hall–Kier alpha value is -0.670. The van der Waals surface area contributed by atoms with Crippen LogP contribution in [0.1, 0.15) is 18.4 Å². The average molecular weight is 219 g/mol. The third kappa shape index (κ3) is 1.88. The van der Waals surface area contributed by atoms with Gasteiger partial charge in [-0.1, -0.05) is 11.6 Å². The number of hydrogen-bond donors (Lipinski definition) is 1. The van der Waals surface area contributed by atoms with Gasteiger partial charge in [-0.15, -0.1) is 0 Å². The van der Waals surface area contributed by atoms with Crippen LogP contribution < -0.4 is 0 Å². The van der Waals surface area contributed by atoms with Crippen molar-refractivity contribution in [3.8, 4) is 0 Å². The minimum Gasteiger partial charge on any atom is -0.390 e. The summed E-state index contributed by atoms with van der Waals surface area (Å²) in [6.45, 7) is 0. The van der Waals surface area contributed by atoms with Crippen LogP contribution in [-0.4, -0.2) is 10.7 Å². The molecule has 0 spiro atoms. The van der Waals surface area contributed by atoms with Gasteiger partial charge in [0.2, 0.25) is 0 Å². The molecule has 14 heavy (non-hydrogen) atoms. The molecule has 0 aromatic heterocycles. The quantitative estimate of drug-likeness (QED) is 0.757. The first-order chi connectivity index (χ1) is 6.50. The molecule has 0 heterocycles. The van der Waals surface area contributed by atoms with Crippen molar-refractivity contribution in [2.75, 3.05) is 0 Å². The zero-order valence-electron chi connectivity index (χ0n) is 7.36. The summed E-state index contributed by atoms with van der Waals surface area (Å²) in [5.41, 5.74) is -0.451. The lowest BCUT2D eigenvalue weighted by Crippen LogP contribution is -2.11. The third-order valence-corrected chi connectivity index (χ3v) is 2.84. The monoisotopic (exact) mass is 218 g/mol. The Bertz CT molecular complexity index is 375. The van der Waals surface area contributed by atoms with Crippen molar-refractivity contribution in [3.63, 3.8) is 0 Å². The lowest BCUT2D eigenvalue weighted by Gasteiger charge is -2.09. The highest BCUT2D eigenvalue weighted by Crippen LogP contribution is 2.40. The van der Waals surface area contributed by atoms with E-state index in [-0.39, 0.29) is 11.4 Å². The first-order valence-corrected chi connectivity index (χ1v) is 4.74. The Morgan fingerprint density at radius 1 is 1.36 bits per heavy atom. The van der Waals surface area contributed by atoms with Crippen molar-refractivity contribution >= 4 is 11.6 Å². The molecule has 1 aromatic carbocycles. The molecule has 0 saturated heterocycles. The predicted octanol–water partition coefficient (Wildman–Crippen LogP) is 2.69. The average Bonchev–Trinajstić information content (AvgIpc) is 2.79. The van der Waals surface area contributed by atoms with Gasteiger partial charge in [-0.05, 0) is 24.5 Å². The number of rotatable bonds is 2. The minimum absolute atomic E-state index is 0.0910.